The van der Waals surface area contributed by atoms with Crippen LogP contribution in [0.3, 0.4) is 0 Å². The number of rotatable bonds is 12. The average molecular weight is 1460 g/mol. The van der Waals surface area contributed by atoms with E-state index in [9.17, 15) is 0 Å². The quantitative estimate of drug-likeness (QED) is 0.0856. The van der Waals surface area contributed by atoms with Gasteiger partial charge in [-0.1, -0.05) is 226 Å². The number of nitrogens with zero attached hydrogens (tertiary/aromatic N) is 4. The van der Waals surface area contributed by atoms with Crippen molar-refractivity contribution < 1.29 is 44.3 Å². The van der Waals surface area contributed by atoms with Crippen molar-refractivity contribution in [3.05, 3.63) is 297 Å². The van der Waals surface area contributed by atoms with Crippen LogP contribution < -0.4 is 28.6 Å². The summed E-state index contributed by atoms with van der Waals surface area (Å²) in [7, 11) is 4.49. The van der Waals surface area contributed by atoms with Crippen LogP contribution in [-0.2, 0) is 40.9 Å². The first-order chi connectivity index (χ1) is 57.3. The molecule has 4 nitrogen and oxygen atoms in total. The molecule has 0 amide bonds. The molecule has 548 valence electrons. The van der Waals surface area contributed by atoms with Gasteiger partial charge in [0.2, 0.25) is 22.8 Å². The fourth-order valence-corrected chi connectivity index (χ4v) is 17.1. The van der Waals surface area contributed by atoms with Crippen molar-refractivity contribution in [2.75, 3.05) is 0 Å². The highest BCUT2D eigenvalue weighted by atomic mass is 28.3. The van der Waals surface area contributed by atoms with Crippen molar-refractivity contribution in [2.24, 2.45) is 39.0 Å². The summed E-state index contributed by atoms with van der Waals surface area (Å²) in [6.45, 7) is 28.0. The van der Waals surface area contributed by atoms with E-state index in [1.165, 1.54) is 10.8 Å². The predicted octanol–water partition coefficient (Wildman–Crippen LogP) is 23.3. The van der Waals surface area contributed by atoms with Gasteiger partial charge in [-0.15, -0.1) is 0 Å². The Morgan fingerprint density at radius 3 is 0.858 bits per heavy atom. The maximum atomic E-state index is 9.12. The summed E-state index contributed by atoms with van der Waals surface area (Å²) in [6.07, 6.45) is 4.82. The maximum Gasteiger partial charge on any atom is 0.212 e. The number of aryl methyl sites for hydroxylation is 16. The molecule has 12 aromatic rings. The van der Waals surface area contributed by atoms with E-state index < -0.39 is 74.0 Å². The minimum Gasteiger partial charge on any atom is -0.201 e. The van der Waals surface area contributed by atoms with Gasteiger partial charge >= 0.3 is 0 Å². The van der Waals surface area contributed by atoms with Crippen LogP contribution in [0.1, 0.15) is 145 Å². The Labute approximate surface area is 669 Å². The highest BCUT2D eigenvalue weighted by Crippen LogP contribution is 2.37. The molecule has 4 aromatic heterocycles. The Morgan fingerprint density at radius 1 is 0.274 bits per heavy atom. The number of hydrogen-bond donors (Lipinski definition) is 0. The van der Waals surface area contributed by atoms with Gasteiger partial charge in [0.15, 0.2) is 24.8 Å². The molecule has 0 aliphatic carbocycles. The van der Waals surface area contributed by atoms with Crippen molar-refractivity contribution >= 4 is 26.5 Å². The van der Waals surface area contributed by atoms with Crippen LogP contribution in [0, 0.1) is 93.6 Å². The van der Waals surface area contributed by atoms with Gasteiger partial charge in [-0.25, -0.2) is 18.3 Å². The molecule has 106 heavy (non-hydrogen) atoms. The lowest BCUT2D eigenvalue weighted by atomic mass is 9.86. The number of pyridine rings is 4. The molecule has 0 fully saturated rings. The van der Waals surface area contributed by atoms with Crippen molar-refractivity contribution in [3.8, 4) is 89.5 Å². The van der Waals surface area contributed by atoms with Crippen LogP contribution in [-0.4, -0.2) is 16.1 Å². The van der Waals surface area contributed by atoms with E-state index >= 15 is 0 Å². The summed E-state index contributed by atoms with van der Waals surface area (Å²) in [6, 6.07) is 61.5. The lowest BCUT2D eigenvalue weighted by molar-refractivity contribution is -0.661. The standard InChI is InChI=1S/C28H38NSi.C26H32N.C24H30NSi.C22H24N/c1-20-15-21(2)25(17-24(20)22-13-11-10-12-14-22)26-16-23(18-28(3,4)5)27(19-29(26)6)30(7,8)9;1-18-14-25(27(7)17-22(18)16-26(4,5)6)24-15-23(19(2)13-20(24)3)21-11-9-8-10-12-21;1-17-13-18(2)22(15-21(17)20-11-9-8-10-12-20)23-14-19(3)24(16-25(23)4)26(5,6)7;1-15-12-22(23(5)14-18(15)4)21-13-20(16(2)11-17(21)3)19-9-7-6-8-10-19/h10-17,19H,18H2,1-9H3;8-15,17H,16H2,1-7H3;8-16H,1-7H3;6-14H,1-5H3/q4*+1/i1D3,18D2;2D3,16D2;1D3;2D3,4D3. The maximum absolute atomic E-state index is 9.12. The monoisotopic (exact) mass is 1460 g/mol. The molecule has 0 unspecified atom stereocenters. The van der Waals surface area contributed by atoms with Crippen molar-refractivity contribution in [1.29, 1.82) is 0 Å². The molecule has 4 heterocycles. The third kappa shape index (κ3) is 19.9. The Hall–Kier alpha value is -9.21. The van der Waals surface area contributed by atoms with Crippen LogP contribution >= 0.6 is 0 Å². The molecule has 0 aliphatic rings. The van der Waals surface area contributed by atoms with E-state index in [0.29, 0.717) is 55.6 Å². The first-order valence-electron chi connectivity index (χ1n) is 46.2. The van der Waals surface area contributed by atoms with E-state index in [4.69, 9.17) is 26.0 Å². The molecular formula is C100H124N4Si2+4. The van der Waals surface area contributed by atoms with Crippen LogP contribution in [0.5, 0.6) is 0 Å². The Morgan fingerprint density at radius 2 is 0.547 bits per heavy atom. The van der Waals surface area contributed by atoms with Gasteiger partial charge < -0.3 is 0 Å². The van der Waals surface area contributed by atoms with Crippen LogP contribution in [0.4, 0.5) is 0 Å². The molecule has 0 atom stereocenters. The minimum absolute atomic E-state index is 0.309. The van der Waals surface area contributed by atoms with Crippen molar-refractivity contribution in [1.82, 2.24) is 0 Å². The highest BCUT2D eigenvalue weighted by Gasteiger charge is 2.30. The lowest BCUT2D eigenvalue weighted by Crippen LogP contribution is -2.47. The molecule has 0 spiro atoms. The largest absolute Gasteiger partial charge is 0.212 e. The topological polar surface area (TPSA) is 15.5 Å². The van der Waals surface area contributed by atoms with Gasteiger partial charge in [-0.2, -0.15) is 0 Å². The minimum atomic E-state index is -2.24. The third-order valence-electron chi connectivity index (χ3n) is 19.3. The Bertz CT molecular complexity index is 5750. The summed E-state index contributed by atoms with van der Waals surface area (Å²) in [5, 5.41) is 2.55. The van der Waals surface area contributed by atoms with E-state index in [0.717, 1.165) is 111 Å². The van der Waals surface area contributed by atoms with Gasteiger partial charge in [0.25, 0.3) is 0 Å². The van der Waals surface area contributed by atoms with E-state index in [1.807, 2.05) is 272 Å². The average Bonchev–Trinajstić information content (AvgIpc) is 0.746. The summed E-state index contributed by atoms with van der Waals surface area (Å²) in [5.41, 5.74) is 22.2. The summed E-state index contributed by atoms with van der Waals surface area (Å²) in [4.78, 5) is 0. The molecule has 0 N–H and O–H groups in total. The summed E-state index contributed by atoms with van der Waals surface area (Å²) in [5.74, 6) is 0. The molecule has 12 rings (SSSR count). The Kier molecular flexibility index (Phi) is 18.2. The fraction of sp³-hybridized carbons (Fsp3) is 0.320. The second kappa shape index (κ2) is 33.3. The van der Waals surface area contributed by atoms with Gasteiger partial charge in [0.05, 0.1) is 16.1 Å². The first-order valence-corrected chi connectivity index (χ1v) is 43.7. The molecule has 0 radical (unpaired) electrons. The zero-order valence-electron chi connectivity index (χ0n) is 86.1. The van der Waals surface area contributed by atoms with Gasteiger partial charge in [-0.05, 0) is 242 Å². The van der Waals surface area contributed by atoms with E-state index in [1.54, 1.807) is 35.9 Å². The molecule has 6 heteroatoms. The SMILES string of the molecule is [2H]C([2H])([2H])c1c[n+](C)c(-c2cc(-c3ccccc3)c(C([2H])([2H])[2H])cc2C)cc1C.[2H]C([2H])([2H])c1cc(C)c(-c2cc(C([2H])([2H])C(C)(C)C)c([Si](C)(C)C)c[n+]2C)cc1-c1ccccc1.[2H]C([2H])([2H])c1cc(C)c(-c2cc(C)c(C([2H])([2H])C(C)(C)C)c[n+]2C)cc1-c1ccccc1.[2H]C([2H])([2H])c1cc(C)c(-c2cc(C)c([Si](C)(C)C)c[n+]2C)cc1-c1ccccc1. The second-order valence-electron chi connectivity index (χ2n) is 32.8. The number of aromatic nitrogens is 4. The smallest absolute Gasteiger partial charge is 0.201 e. The molecule has 0 aliphatic heterocycles. The summed E-state index contributed by atoms with van der Waals surface area (Å²) < 4.78 is 163. The molecule has 0 saturated carbocycles. The zero-order valence-corrected chi connectivity index (χ0v) is 69.1. The number of benzene rings is 8. The molecular weight excluding hydrogens is 1310 g/mol. The fourth-order valence-electron chi connectivity index (χ4n) is 13.8. The normalized spacial score (nSPS) is 15.2. The number of hydrogen-bond acceptors (Lipinski definition) is 0. The van der Waals surface area contributed by atoms with Crippen LogP contribution in [0.15, 0.2) is 219 Å². The summed E-state index contributed by atoms with van der Waals surface area (Å²) >= 11 is 0. The molecule has 0 saturated heterocycles. The van der Waals surface area contributed by atoms with E-state index in [2.05, 4.69) is 86.9 Å². The van der Waals surface area contributed by atoms with Gasteiger partial charge in [0.1, 0.15) is 28.2 Å². The van der Waals surface area contributed by atoms with Crippen molar-refractivity contribution in [2.45, 2.75) is 176 Å². The third-order valence-corrected chi connectivity index (χ3v) is 23.4. The van der Waals surface area contributed by atoms with Crippen LogP contribution in [0.2, 0.25) is 39.3 Å². The molecule has 0 bridgehead atoms. The van der Waals surface area contributed by atoms with Gasteiger partial charge in [-0.3, -0.25) is 0 Å². The van der Waals surface area contributed by atoms with Crippen LogP contribution in [0.25, 0.3) is 89.5 Å². The van der Waals surface area contributed by atoms with Gasteiger partial charge in [0, 0.05) is 94.1 Å². The Balaban J connectivity index is 0.000000189. The van der Waals surface area contributed by atoms with E-state index in [-0.39, 0.29) is 0 Å². The molecule has 8 aromatic carbocycles. The predicted molar refractivity (Wildman–Crippen MR) is 463 cm³/mol. The zero-order chi connectivity index (χ0) is 93.7. The second-order valence-corrected chi connectivity index (χ2v) is 42.8. The highest BCUT2D eigenvalue weighted by molar-refractivity contribution is 6.89. The first kappa shape index (κ1) is 58.0. The van der Waals surface area contributed by atoms with Crippen molar-refractivity contribution in [3.63, 3.8) is 0 Å². The lowest BCUT2D eigenvalue weighted by Gasteiger charge is -2.25.